The number of phenols is 1. The Labute approximate surface area is 151 Å². The number of phenolic OH excluding ortho intramolecular Hbond substituents is 1. The Kier molecular flexibility index (Phi) is 4.21. The molecule has 132 valence electrons. The zero-order valence-electron chi connectivity index (χ0n) is 14.3. The van der Waals surface area contributed by atoms with Crippen molar-refractivity contribution in [2.24, 2.45) is 0 Å². The van der Waals surface area contributed by atoms with E-state index in [0.29, 0.717) is 5.56 Å². The van der Waals surface area contributed by atoms with Crippen LogP contribution >= 0.6 is 0 Å². The average molecular weight is 351 g/mol. The highest BCUT2D eigenvalue weighted by Gasteiger charge is 2.27. The summed E-state index contributed by atoms with van der Waals surface area (Å²) < 4.78 is 27.6. The van der Waals surface area contributed by atoms with Crippen LogP contribution in [0.3, 0.4) is 0 Å². The highest BCUT2D eigenvalue weighted by molar-refractivity contribution is 5.71. The van der Waals surface area contributed by atoms with Crippen LogP contribution in [0.1, 0.15) is 29.7 Å². The number of hydrogen-bond acceptors (Lipinski definition) is 2. The first-order chi connectivity index (χ1) is 12.5. The molecule has 0 fully saturated rings. The van der Waals surface area contributed by atoms with Crippen LogP contribution in [0.4, 0.5) is 8.78 Å². The summed E-state index contributed by atoms with van der Waals surface area (Å²) >= 11 is 0. The molecule has 2 atom stereocenters. The van der Waals surface area contributed by atoms with Crippen LogP contribution in [0.5, 0.6) is 5.75 Å². The molecule has 0 amide bonds. The molecule has 0 saturated carbocycles. The van der Waals surface area contributed by atoms with Gasteiger partial charge in [0.1, 0.15) is 17.4 Å². The van der Waals surface area contributed by atoms with Crippen LogP contribution in [0.25, 0.3) is 11.1 Å². The lowest BCUT2D eigenvalue weighted by molar-refractivity contribution is 0.448. The van der Waals surface area contributed by atoms with Crippen LogP contribution < -0.4 is 5.32 Å². The lowest BCUT2D eigenvalue weighted by Crippen LogP contribution is -2.38. The Balaban J connectivity index is 1.80. The Morgan fingerprint density at radius 3 is 2.50 bits per heavy atom. The Bertz CT molecular complexity index is 970. The summed E-state index contributed by atoms with van der Waals surface area (Å²) in [5.41, 5.74) is 4.22. The van der Waals surface area contributed by atoms with E-state index in [9.17, 15) is 13.9 Å². The second kappa shape index (κ2) is 6.54. The van der Waals surface area contributed by atoms with E-state index in [1.54, 1.807) is 12.1 Å². The summed E-state index contributed by atoms with van der Waals surface area (Å²) in [5.74, 6) is -0.895. The van der Waals surface area contributed by atoms with Gasteiger partial charge in [-0.1, -0.05) is 42.5 Å². The first-order valence-electron chi connectivity index (χ1n) is 8.65. The molecule has 4 heteroatoms. The van der Waals surface area contributed by atoms with Crippen molar-refractivity contribution < 1.29 is 13.9 Å². The predicted molar refractivity (Wildman–Crippen MR) is 98.0 cm³/mol. The summed E-state index contributed by atoms with van der Waals surface area (Å²) in [6, 6.07) is 16.7. The van der Waals surface area contributed by atoms with E-state index in [1.807, 2.05) is 31.2 Å². The van der Waals surface area contributed by atoms with Crippen molar-refractivity contribution >= 4 is 0 Å². The highest BCUT2D eigenvalue weighted by Crippen LogP contribution is 2.36. The maximum Gasteiger partial charge on any atom is 0.131 e. The topological polar surface area (TPSA) is 32.3 Å². The monoisotopic (exact) mass is 351 g/mol. The first-order valence-corrected chi connectivity index (χ1v) is 8.65. The molecule has 1 aliphatic rings. The van der Waals surface area contributed by atoms with E-state index in [1.165, 1.54) is 12.1 Å². The fraction of sp³-hybridized carbons (Fsp3) is 0.182. The number of fused-ring (bicyclic) bond motifs is 1. The smallest absolute Gasteiger partial charge is 0.131 e. The SMILES string of the molecule is CC1Cc2cc(-c3ccccc3O)ccc2C(c2ccc(F)cc2F)N1. The molecule has 1 heterocycles. The molecule has 2 nitrogen and oxygen atoms in total. The summed E-state index contributed by atoms with van der Waals surface area (Å²) in [4.78, 5) is 0. The molecule has 0 aliphatic carbocycles. The highest BCUT2D eigenvalue weighted by atomic mass is 19.1. The molecule has 3 aromatic carbocycles. The van der Waals surface area contributed by atoms with Crippen molar-refractivity contribution in [1.82, 2.24) is 5.32 Å². The molecule has 0 saturated heterocycles. The van der Waals surface area contributed by atoms with Gasteiger partial charge in [-0.2, -0.15) is 0 Å². The zero-order valence-corrected chi connectivity index (χ0v) is 14.3. The van der Waals surface area contributed by atoms with E-state index < -0.39 is 11.6 Å². The van der Waals surface area contributed by atoms with Crippen LogP contribution in [0.15, 0.2) is 60.7 Å². The molecule has 3 aromatic rings. The number of aromatic hydroxyl groups is 1. The van der Waals surface area contributed by atoms with Gasteiger partial charge in [-0.05, 0) is 42.2 Å². The standard InChI is InChI=1S/C22H19F2NO/c1-13-10-15-11-14(17-4-2-3-5-21(17)26)6-8-18(15)22(25-13)19-9-7-16(23)12-20(19)24/h2-9,11-13,22,25-26H,10H2,1H3. The number of para-hydroxylation sites is 1. The Morgan fingerprint density at radius 2 is 1.73 bits per heavy atom. The predicted octanol–water partition coefficient (Wildman–Crippen LogP) is 4.96. The molecule has 2 N–H and O–H groups in total. The average Bonchev–Trinajstić information content (AvgIpc) is 2.61. The molecule has 0 aromatic heterocycles. The third-order valence-corrected chi connectivity index (χ3v) is 4.92. The van der Waals surface area contributed by atoms with Gasteiger partial charge in [0, 0.05) is 23.2 Å². The molecule has 4 rings (SSSR count). The Morgan fingerprint density at radius 1 is 0.962 bits per heavy atom. The van der Waals surface area contributed by atoms with E-state index >= 15 is 0 Å². The van der Waals surface area contributed by atoms with Gasteiger partial charge in [0.15, 0.2) is 0 Å². The normalized spacial score (nSPS) is 19.2. The van der Waals surface area contributed by atoms with Crippen molar-refractivity contribution in [2.45, 2.75) is 25.4 Å². The van der Waals surface area contributed by atoms with E-state index in [-0.39, 0.29) is 17.8 Å². The molecule has 0 bridgehead atoms. The van der Waals surface area contributed by atoms with E-state index in [2.05, 4.69) is 11.4 Å². The molecule has 0 spiro atoms. The fourth-order valence-corrected chi connectivity index (χ4v) is 3.71. The number of rotatable bonds is 2. The minimum absolute atomic E-state index is 0.150. The number of halogens is 2. The lowest BCUT2D eigenvalue weighted by atomic mass is 9.85. The van der Waals surface area contributed by atoms with Crippen molar-refractivity contribution in [2.75, 3.05) is 0 Å². The third-order valence-electron chi connectivity index (χ3n) is 4.92. The van der Waals surface area contributed by atoms with Gasteiger partial charge in [-0.15, -0.1) is 0 Å². The van der Waals surface area contributed by atoms with Crippen molar-refractivity contribution in [3.8, 4) is 16.9 Å². The van der Waals surface area contributed by atoms with Gasteiger partial charge in [0.05, 0.1) is 6.04 Å². The fourth-order valence-electron chi connectivity index (χ4n) is 3.71. The Hall–Kier alpha value is -2.72. The quantitative estimate of drug-likeness (QED) is 0.684. The molecule has 26 heavy (non-hydrogen) atoms. The second-order valence-corrected chi connectivity index (χ2v) is 6.80. The van der Waals surface area contributed by atoms with E-state index in [0.717, 1.165) is 34.7 Å². The van der Waals surface area contributed by atoms with Gasteiger partial charge >= 0.3 is 0 Å². The third kappa shape index (κ3) is 2.97. The maximum absolute atomic E-state index is 14.3. The summed E-state index contributed by atoms with van der Waals surface area (Å²) in [6.45, 7) is 2.05. The minimum Gasteiger partial charge on any atom is -0.507 e. The van der Waals surface area contributed by atoms with Gasteiger partial charge in [0.25, 0.3) is 0 Å². The maximum atomic E-state index is 14.3. The van der Waals surface area contributed by atoms with Gasteiger partial charge in [0.2, 0.25) is 0 Å². The van der Waals surface area contributed by atoms with Crippen LogP contribution in [-0.4, -0.2) is 11.1 Å². The summed E-state index contributed by atoms with van der Waals surface area (Å²) in [6.07, 6.45) is 0.802. The van der Waals surface area contributed by atoms with Crippen molar-refractivity contribution in [1.29, 1.82) is 0 Å². The number of benzene rings is 3. The molecule has 0 radical (unpaired) electrons. The van der Waals surface area contributed by atoms with Gasteiger partial charge in [-0.3, -0.25) is 0 Å². The van der Waals surface area contributed by atoms with Crippen LogP contribution in [0.2, 0.25) is 0 Å². The van der Waals surface area contributed by atoms with E-state index in [4.69, 9.17) is 0 Å². The number of nitrogens with one attached hydrogen (secondary N) is 1. The summed E-state index contributed by atoms with van der Waals surface area (Å²) in [5, 5.41) is 13.5. The first kappa shape index (κ1) is 16.7. The van der Waals surface area contributed by atoms with Crippen molar-refractivity contribution in [3.63, 3.8) is 0 Å². The lowest BCUT2D eigenvalue weighted by Gasteiger charge is -2.32. The number of hydrogen-bond donors (Lipinski definition) is 2. The molecular formula is C22H19F2NO. The van der Waals surface area contributed by atoms with Gasteiger partial charge in [-0.25, -0.2) is 8.78 Å². The molecule has 1 aliphatic heterocycles. The molecular weight excluding hydrogens is 332 g/mol. The van der Waals surface area contributed by atoms with Crippen LogP contribution in [-0.2, 0) is 6.42 Å². The van der Waals surface area contributed by atoms with Gasteiger partial charge < -0.3 is 10.4 Å². The van der Waals surface area contributed by atoms with Crippen LogP contribution in [0, 0.1) is 11.6 Å². The largest absolute Gasteiger partial charge is 0.507 e. The minimum atomic E-state index is -0.578. The van der Waals surface area contributed by atoms with Crippen molar-refractivity contribution in [3.05, 3.63) is 89.0 Å². The molecule has 2 unspecified atom stereocenters. The zero-order chi connectivity index (χ0) is 18.3. The summed E-state index contributed by atoms with van der Waals surface area (Å²) in [7, 11) is 0. The second-order valence-electron chi connectivity index (χ2n) is 6.80.